The summed E-state index contributed by atoms with van der Waals surface area (Å²) in [5, 5.41) is 7.54. The Morgan fingerprint density at radius 3 is 1.78 bits per heavy atom. The second kappa shape index (κ2) is 11.2. The van der Waals surface area contributed by atoms with Gasteiger partial charge in [0.15, 0.2) is 0 Å². The first-order chi connectivity index (χ1) is 24.3. The molecule has 10 aromatic rings. The molecule has 1 N–H and O–H groups in total. The fourth-order valence-corrected chi connectivity index (χ4v) is 8.52. The minimum atomic E-state index is 1.12. The number of nitrogens with one attached hydrogen (secondary N) is 1. The van der Waals surface area contributed by atoms with Crippen LogP contribution in [0.4, 0.5) is 17.1 Å². The molecule has 49 heavy (non-hydrogen) atoms. The minimum Gasteiger partial charge on any atom is -0.354 e. The molecule has 230 valence electrons. The third kappa shape index (κ3) is 4.70. The largest absolute Gasteiger partial charge is 0.354 e. The van der Waals surface area contributed by atoms with E-state index in [-0.39, 0.29) is 0 Å². The van der Waals surface area contributed by atoms with Crippen LogP contribution in [-0.4, -0.2) is 4.98 Å². The topological polar surface area (TPSA) is 19.0 Å². The SMILES string of the molecule is c1ccc(-c2ccc(N(c3ccc4[nH]c5cc6ccccc6cc5c4c3)c3ccc4sc5cccc(-c6ccccc6)c5c4c3)cc2)cc1. The molecule has 0 atom stereocenters. The van der Waals surface area contributed by atoms with Crippen LogP contribution in [0.15, 0.2) is 176 Å². The predicted molar refractivity (Wildman–Crippen MR) is 212 cm³/mol. The molecular weight excluding hydrogens is 613 g/mol. The van der Waals surface area contributed by atoms with Gasteiger partial charge in [0, 0.05) is 59.0 Å². The zero-order chi connectivity index (χ0) is 32.3. The van der Waals surface area contributed by atoms with E-state index in [4.69, 9.17) is 0 Å². The number of fused-ring (bicyclic) bond motifs is 7. The monoisotopic (exact) mass is 642 g/mol. The quantitative estimate of drug-likeness (QED) is 0.198. The van der Waals surface area contributed by atoms with Crippen LogP contribution in [-0.2, 0) is 0 Å². The van der Waals surface area contributed by atoms with E-state index in [0.717, 1.165) is 28.1 Å². The van der Waals surface area contributed by atoms with Gasteiger partial charge in [0.2, 0.25) is 0 Å². The molecule has 0 fully saturated rings. The molecule has 10 rings (SSSR count). The average molecular weight is 643 g/mol. The van der Waals surface area contributed by atoms with E-state index in [1.54, 1.807) is 0 Å². The fraction of sp³-hybridized carbons (Fsp3) is 0. The zero-order valence-corrected chi connectivity index (χ0v) is 27.4. The van der Waals surface area contributed by atoms with E-state index >= 15 is 0 Å². The van der Waals surface area contributed by atoms with Gasteiger partial charge in [0.25, 0.3) is 0 Å². The highest BCUT2D eigenvalue weighted by molar-refractivity contribution is 7.26. The molecule has 0 saturated carbocycles. The number of rotatable bonds is 5. The number of anilines is 3. The Kier molecular flexibility index (Phi) is 6.39. The highest BCUT2D eigenvalue weighted by Crippen LogP contribution is 2.44. The van der Waals surface area contributed by atoms with Gasteiger partial charge in [0.05, 0.1) is 0 Å². The average Bonchev–Trinajstić information content (AvgIpc) is 3.72. The van der Waals surface area contributed by atoms with Crippen molar-refractivity contribution in [2.75, 3.05) is 4.90 Å². The van der Waals surface area contributed by atoms with Crippen LogP contribution >= 0.6 is 11.3 Å². The summed E-state index contributed by atoms with van der Waals surface area (Å²) in [6, 6.07) is 64.0. The molecule has 0 aliphatic heterocycles. The van der Waals surface area contributed by atoms with Crippen LogP contribution in [0.1, 0.15) is 0 Å². The molecule has 2 heterocycles. The maximum atomic E-state index is 3.69. The standard InChI is InChI=1S/C46H30N2S/c1-3-10-30(11-4-1)31-18-20-35(21-19-31)48(36-22-24-42-40(28-36)39-26-33-14-7-8-15-34(33)27-43(39)47-42)37-23-25-44-41(29-37)46-38(16-9-17-45(46)49-44)32-12-5-2-6-13-32/h1-29,47H. The third-order valence-electron chi connectivity index (χ3n) is 9.76. The molecule has 8 aromatic carbocycles. The number of hydrogen-bond acceptors (Lipinski definition) is 2. The van der Waals surface area contributed by atoms with Crippen molar-refractivity contribution in [2.45, 2.75) is 0 Å². The molecule has 0 radical (unpaired) electrons. The molecule has 2 aromatic heterocycles. The molecule has 2 nitrogen and oxygen atoms in total. The molecule has 0 amide bonds. The summed E-state index contributed by atoms with van der Waals surface area (Å²) in [6.45, 7) is 0. The number of aromatic amines is 1. The number of aromatic nitrogens is 1. The Hall–Kier alpha value is -6.16. The smallest absolute Gasteiger partial charge is 0.0471 e. The molecule has 0 aliphatic carbocycles. The first-order valence-corrected chi connectivity index (χ1v) is 17.5. The van der Waals surface area contributed by atoms with Crippen molar-refractivity contribution in [3.63, 3.8) is 0 Å². The van der Waals surface area contributed by atoms with Crippen LogP contribution in [0.5, 0.6) is 0 Å². The Labute approximate surface area is 288 Å². The maximum Gasteiger partial charge on any atom is 0.0471 e. The lowest BCUT2D eigenvalue weighted by molar-refractivity contribution is 1.29. The van der Waals surface area contributed by atoms with Crippen LogP contribution in [0, 0.1) is 0 Å². The summed E-state index contributed by atoms with van der Waals surface area (Å²) in [6.07, 6.45) is 0. The summed E-state index contributed by atoms with van der Waals surface area (Å²) >= 11 is 1.86. The van der Waals surface area contributed by atoms with Gasteiger partial charge in [-0.25, -0.2) is 0 Å². The summed E-state index contributed by atoms with van der Waals surface area (Å²) in [5.74, 6) is 0. The van der Waals surface area contributed by atoms with Crippen molar-refractivity contribution in [1.29, 1.82) is 0 Å². The van der Waals surface area contributed by atoms with Crippen LogP contribution in [0.2, 0.25) is 0 Å². The van der Waals surface area contributed by atoms with Gasteiger partial charge in [0.1, 0.15) is 0 Å². The summed E-state index contributed by atoms with van der Waals surface area (Å²) in [4.78, 5) is 6.09. The predicted octanol–water partition coefficient (Wildman–Crippen LogP) is 13.6. The number of thiophene rings is 1. The second-order valence-corrected chi connectivity index (χ2v) is 13.8. The molecule has 0 bridgehead atoms. The number of benzene rings is 8. The van der Waals surface area contributed by atoms with Crippen molar-refractivity contribution in [3.8, 4) is 22.3 Å². The van der Waals surface area contributed by atoms with E-state index in [2.05, 4.69) is 186 Å². The minimum absolute atomic E-state index is 1.12. The molecule has 3 heteroatoms. The summed E-state index contributed by atoms with van der Waals surface area (Å²) in [7, 11) is 0. The van der Waals surface area contributed by atoms with E-state index in [0.29, 0.717) is 0 Å². The first kappa shape index (κ1) is 27.9. The Balaban J connectivity index is 1.19. The van der Waals surface area contributed by atoms with Gasteiger partial charge in [-0.3, -0.25) is 0 Å². The van der Waals surface area contributed by atoms with Gasteiger partial charge in [-0.1, -0.05) is 109 Å². The summed E-state index contributed by atoms with van der Waals surface area (Å²) in [5.41, 5.74) is 10.6. The van der Waals surface area contributed by atoms with Crippen molar-refractivity contribution in [3.05, 3.63) is 176 Å². The number of hydrogen-bond donors (Lipinski definition) is 1. The summed E-state index contributed by atoms with van der Waals surface area (Å²) < 4.78 is 2.60. The lowest BCUT2D eigenvalue weighted by atomic mass is 9.99. The maximum absolute atomic E-state index is 3.69. The van der Waals surface area contributed by atoms with Crippen molar-refractivity contribution in [1.82, 2.24) is 4.98 Å². The second-order valence-electron chi connectivity index (χ2n) is 12.7. The molecule has 0 saturated heterocycles. The number of H-pyrrole nitrogens is 1. The van der Waals surface area contributed by atoms with E-state index in [1.807, 2.05) is 11.3 Å². The Morgan fingerprint density at radius 1 is 0.388 bits per heavy atom. The zero-order valence-electron chi connectivity index (χ0n) is 26.6. The van der Waals surface area contributed by atoms with Gasteiger partial charge < -0.3 is 9.88 Å². The van der Waals surface area contributed by atoms with Crippen LogP contribution in [0.3, 0.4) is 0 Å². The van der Waals surface area contributed by atoms with Crippen LogP contribution in [0.25, 0.3) is 75.0 Å². The van der Waals surface area contributed by atoms with Crippen LogP contribution < -0.4 is 4.90 Å². The highest BCUT2D eigenvalue weighted by atomic mass is 32.1. The van der Waals surface area contributed by atoms with Crippen molar-refractivity contribution in [2.24, 2.45) is 0 Å². The Morgan fingerprint density at radius 2 is 1.00 bits per heavy atom. The fourth-order valence-electron chi connectivity index (χ4n) is 7.41. The van der Waals surface area contributed by atoms with E-state index in [1.165, 1.54) is 64.0 Å². The molecular formula is C46H30N2S. The molecule has 0 spiro atoms. The van der Waals surface area contributed by atoms with Crippen molar-refractivity contribution < 1.29 is 0 Å². The number of nitrogens with zero attached hydrogens (tertiary/aromatic N) is 1. The van der Waals surface area contributed by atoms with Gasteiger partial charge >= 0.3 is 0 Å². The van der Waals surface area contributed by atoms with Gasteiger partial charge in [-0.2, -0.15) is 0 Å². The van der Waals surface area contributed by atoms with Crippen molar-refractivity contribution >= 4 is 81.1 Å². The first-order valence-electron chi connectivity index (χ1n) is 16.7. The van der Waals surface area contributed by atoms with E-state index < -0.39 is 0 Å². The third-order valence-corrected chi connectivity index (χ3v) is 10.9. The van der Waals surface area contributed by atoms with Gasteiger partial charge in [-0.05, 0) is 99.8 Å². The lowest BCUT2D eigenvalue weighted by Crippen LogP contribution is -2.09. The van der Waals surface area contributed by atoms with Gasteiger partial charge in [-0.15, -0.1) is 11.3 Å². The lowest BCUT2D eigenvalue weighted by Gasteiger charge is -2.26. The Bertz CT molecular complexity index is 2810. The molecule has 0 unspecified atom stereocenters. The highest BCUT2D eigenvalue weighted by Gasteiger charge is 2.18. The normalized spacial score (nSPS) is 11.7. The molecule has 0 aliphatic rings. The van der Waals surface area contributed by atoms with E-state index in [9.17, 15) is 0 Å².